The van der Waals surface area contributed by atoms with Gasteiger partial charge in [0.15, 0.2) is 0 Å². The summed E-state index contributed by atoms with van der Waals surface area (Å²) >= 11 is 0. The summed E-state index contributed by atoms with van der Waals surface area (Å²) in [4.78, 5) is 3.05. The Kier molecular flexibility index (Phi) is 4.70. The van der Waals surface area contributed by atoms with Gasteiger partial charge in [-0.2, -0.15) is 0 Å². The Balaban J connectivity index is 2.20. The zero-order chi connectivity index (χ0) is 10.4. The Morgan fingerprint density at radius 1 is 1.50 bits per heavy atom. The van der Waals surface area contributed by atoms with Gasteiger partial charge in [0, 0.05) is 25.0 Å². The first kappa shape index (κ1) is 11.3. The highest BCUT2D eigenvalue weighted by Crippen LogP contribution is 2.01. The first-order valence-electron chi connectivity index (χ1n) is 5.29. The molecule has 3 heteroatoms. The van der Waals surface area contributed by atoms with Crippen molar-refractivity contribution in [3.05, 3.63) is 24.0 Å². The van der Waals surface area contributed by atoms with Crippen molar-refractivity contribution in [1.82, 2.24) is 10.3 Å². The summed E-state index contributed by atoms with van der Waals surface area (Å²) in [5.41, 5.74) is 7.01. The molecule has 0 aliphatic rings. The predicted molar refractivity (Wildman–Crippen MR) is 60.2 cm³/mol. The lowest BCUT2D eigenvalue weighted by molar-refractivity contribution is 0.409. The molecular weight excluding hydrogens is 174 g/mol. The molecule has 1 aromatic heterocycles. The molecule has 1 atom stereocenters. The molecule has 0 saturated carbocycles. The molecule has 0 spiro atoms. The van der Waals surface area contributed by atoms with Crippen molar-refractivity contribution in [3.63, 3.8) is 0 Å². The van der Waals surface area contributed by atoms with Gasteiger partial charge in [0.1, 0.15) is 0 Å². The lowest BCUT2D eigenvalue weighted by atomic mass is 10.0. The fraction of sp³-hybridized carbons (Fsp3) is 0.636. The summed E-state index contributed by atoms with van der Waals surface area (Å²) < 4.78 is 0. The fourth-order valence-corrected chi connectivity index (χ4v) is 1.51. The van der Waals surface area contributed by atoms with Crippen molar-refractivity contribution in [1.29, 1.82) is 0 Å². The second-order valence-electron chi connectivity index (χ2n) is 4.01. The van der Waals surface area contributed by atoms with Gasteiger partial charge in [-0.1, -0.05) is 13.8 Å². The van der Waals surface area contributed by atoms with E-state index in [1.54, 1.807) is 0 Å². The van der Waals surface area contributed by atoms with Gasteiger partial charge in [0.2, 0.25) is 0 Å². The minimum atomic E-state index is 0.439. The van der Waals surface area contributed by atoms with E-state index in [1.807, 2.05) is 12.4 Å². The Bertz CT molecular complexity index is 229. The van der Waals surface area contributed by atoms with Gasteiger partial charge in [0.05, 0.1) is 0 Å². The molecule has 0 bridgehead atoms. The summed E-state index contributed by atoms with van der Waals surface area (Å²) in [6.45, 7) is 6.10. The number of hydrogen-bond donors (Lipinski definition) is 3. The van der Waals surface area contributed by atoms with E-state index in [4.69, 9.17) is 5.73 Å². The molecule has 1 rings (SSSR count). The molecule has 3 nitrogen and oxygen atoms in total. The van der Waals surface area contributed by atoms with Gasteiger partial charge in [0.25, 0.3) is 0 Å². The van der Waals surface area contributed by atoms with Crippen LogP contribution in [0.4, 0.5) is 0 Å². The molecule has 80 valence electrons. The average molecular weight is 195 g/mol. The van der Waals surface area contributed by atoms with Gasteiger partial charge >= 0.3 is 0 Å². The number of aromatic amines is 1. The van der Waals surface area contributed by atoms with Crippen LogP contribution >= 0.6 is 0 Å². The van der Waals surface area contributed by atoms with E-state index >= 15 is 0 Å². The lowest BCUT2D eigenvalue weighted by Crippen LogP contribution is -2.41. The Morgan fingerprint density at radius 3 is 2.79 bits per heavy atom. The molecule has 0 radical (unpaired) electrons. The van der Waals surface area contributed by atoms with Crippen LogP contribution in [0.15, 0.2) is 18.5 Å². The third-order valence-corrected chi connectivity index (χ3v) is 2.54. The standard InChI is InChI=1S/C11H21N3/c1-9(2)11(7-12)14-6-4-10-3-5-13-8-10/h3,5,8-9,11,13-14H,4,6-7,12H2,1-2H3. The third-order valence-electron chi connectivity index (χ3n) is 2.54. The highest BCUT2D eigenvalue weighted by Gasteiger charge is 2.09. The minimum Gasteiger partial charge on any atom is -0.367 e. The molecule has 0 fully saturated rings. The number of nitrogens with one attached hydrogen (secondary N) is 2. The van der Waals surface area contributed by atoms with Crippen molar-refractivity contribution >= 4 is 0 Å². The summed E-state index contributed by atoms with van der Waals surface area (Å²) in [5.74, 6) is 0.603. The van der Waals surface area contributed by atoms with Crippen LogP contribution in [0.25, 0.3) is 0 Å². The third kappa shape index (κ3) is 3.52. The predicted octanol–water partition coefficient (Wildman–Crippen LogP) is 1.13. The van der Waals surface area contributed by atoms with Crippen LogP contribution in [0.3, 0.4) is 0 Å². The van der Waals surface area contributed by atoms with Gasteiger partial charge in [-0.3, -0.25) is 0 Å². The van der Waals surface area contributed by atoms with E-state index in [0.717, 1.165) is 13.0 Å². The van der Waals surface area contributed by atoms with Gasteiger partial charge in [-0.15, -0.1) is 0 Å². The van der Waals surface area contributed by atoms with E-state index < -0.39 is 0 Å². The van der Waals surface area contributed by atoms with Crippen molar-refractivity contribution in [2.75, 3.05) is 13.1 Å². The number of nitrogens with two attached hydrogens (primary N) is 1. The van der Waals surface area contributed by atoms with Crippen LogP contribution in [0.1, 0.15) is 19.4 Å². The second kappa shape index (κ2) is 5.83. The smallest absolute Gasteiger partial charge is 0.0213 e. The first-order valence-corrected chi connectivity index (χ1v) is 5.29. The van der Waals surface area contributed by atoms with Crippen LogP contribution < -0.4 is 11.1 Å². The van der Waals surface area contributed by atoms with E-state index in [9.17, 15) is 0 Å². The maximum atomic E-state index is 5.66. The molecule has 1 heterocycles. The molecule has 1 unspecified atom stereocenters. The first-order chi connectivity index (χ1) is 6.74. The molecule has 1 aromatic rings. The number of rotatable bonds is 6. The number of aromatic nitrogens is 1. The van der Waals surface area contributed by atoms with Crippen LogP contribution in [0.5, 0.6) is 0 Å². The quantitative estimate of drug-likeness (QED) is 0.637. The maximum Gasteiger partial charge on any atom is 0.0213 e. The molecule has 0 aliphatic carbocycles. The molecule has 4 N–H and O–H groups in total. The van der Waals surface area contributed by atoms with Crippen LogP contribution in [-0.2, 0) is 6.42 Å². The zero-order valence-corrected chi connectivity index (χ0v) is 9.09. The maximum absolute atomic E-state index is 5.66. The molecule has 0 saturated heterocycles. The normalized spacial score (nSPS) is 13.4. The van der Waals surface area contributed by atoms with E-state index in [2.05, 4.69) is 30.2 Å². The summed E-state index contributed by atoms with van der Waals surface area (Å²) in [6.07, 6.45) is 5.05. The Labute approximate surface area is 86.1 Å². The SMILES string of the molecule is CC(C)C(CN)NCCc1cc[nH]c1. The van der Waals surface area contributed by atoms with Gasteiger partial charge < -0.3 is 16.0 Å². The average Bonchev–Trinajstić information content (AvgIpc) is 2.64. The van der Waals surface area contributed by atoms with Crippen LogP contribution in [-0.4, -0.2) is 24.1 Å². The molecule has 0 amide bonds. The van der Waals surface area contributed by atoms with Gasteiger partial charge in [-0.25, -0.2) is 0 Å². The lowest BCUT2D eigenvalue weighted by Gasteiger charge is -2.20. The van der Waals surface area contributed by atoms with E-state index in [1.165, 1.54) is 5.56 Å². The van der Waals surface area contributed by atoms with Crippen LogP contribution in [0, 0.1) is 5.92 Å². The minimum absolute atomic E-state index is 0.439. The molecular formula is C11H21N3. The molecule has 0 aromatic carbocycles. The fourth-order valence-electron chi connectivity index (χ4n) is 1.51. The monoisotopic (exact) mass is 195 g/mol. The highest BCUT2D eigenvalue weighted by molar-refractivity contribution is 5.08. The summed E-state index contributed by atoms with van der Waals surface area (Å²) in [5, 5.41) is 3.47. The number of hydrogen-bond acceptors (Lipinski definition) is 2. The Morgan fingerprint density at radius 2 is 2.29 bits per heavy atom. The van der Waals surface area contributed by atoms with Crippen molar-refractivity contribution in [2.24, 2.45) is 11.7 Å². The van der Waals surface area contributed by atoms with Crippen molar-refractivity contribution in [2.45, 2.75) is 26.3 Å². The van der Waals surface area contributed by atoms with Crippen molar-refractivity contribution < 1.29 is 0 Å². The zero-order valence-electron chi connectivity index (χ0n) is 9.09. The summed E-state index contributed by atoms with van der Waals surface area (Å²) in [7, 11) is 0. The summed E-state index contributed by atoms with van der Waals surface area (Å²) in [6, 6.07) is 2.54. The second-order valence-corrected chi connectivity index (χ2v) is 4.01. The number of H-pyrrole nitrogens is 1. The molecule has 0 aliphatic heterocycles. The van der Waals surface area contributed by atoms with E-state index in [0.29, 0.717) is 18.5 Å². The van der Waals surface area contributed by atoms with Gasteiger partial charge in [-0.05, 0) is 30.5 Å². The highest BCUT2D eigenvalue weighted by atomic mass is 14.9. The van der Waals surface area contributed by atoms with Crippen LogP contribution in [0.2, 0.25) is 0 Å². The van der Waals surface area contributed by atoms with Crippen molar-refractivity contribution in [3.8, 4) is 0 Å². The largest absolute Gasteiger partial charge is 0.367 e. The Hall–Kier alpha value is -0.800. The van der Waals surface area contributed by atoms with E-state index in [-0.39, 0.29) is 0 Å². The molecule has 14 heavy (non-hydrogen) atoms. The topological polar surface area (TPSA) is 53.8 Å².